The molecule has 2 aromatic carbocycles. The third-order valence-corrected chi connectivity index (χ3v) is 4.22. The Kier molecular flexibility index (Phi) is 5.41. The Hall–Kier alpha value is -3.02. The summed E-state index contributed by atoms with van der Waals surface area (Å²) < 4.78 is 15.8. The molecule has 0 spiro atoms. The molecule has 0 saturated heterocycles. The van der Waals surface area contributed by atoms with Crippen LogP contribution in [0.3, 0.4) is 0 Å². The van der Waals surface area contributed by atoms with Gasteiger partial charge < -0.3 is 19.1 Å². The van der Waals surface area contributed by atoms with Crippen LogP contribution in [0.15, 0.2) is 48.5 Å². The molecule has 1 heterocycles. The van der Waals surface area contributed by atoms with Crippen LogP contribution >= 0.6 is 0 Å². The van der Waals surface area contributed by atoms with Gasteiger partial charge in [-0.05, 0) is 37.1 Å². The van der Waals surface area contributed by atoms with Crippen LogP contribution in [-0.4, -0.2) is 38.2 Å². The lowest BCUT2D eigenvalue weighted by Gasteiger charge is -2.21. The minimum Gasteiger partial charge on any atom is -0.493 e. The molecule has 0 fully saturated rings. The molecule has 0 bridgehead atoms. The number of para-hydroxylation sites is 3. The number of anilines is 1. The van der Waals surface area contributed by atoms with Gasteiger partial charge in [-0.15, -0.1) is 0 Å². The van der Waals surface area contributed by atoms with Crippen LogP contribution in [0.4, 0.5) is 5.69 Å². The molecule has 136 valence electrons. The summed E-state index contributed by atoms with van der Waals surface area (Å²) in [6, 6.07) is 14.8. The molecule has 6 heteroatoms. The summed E-state index contributed by atoms with van der Waals surface area (Å²) in [5.74, 6) is 0.127. The van der Waals surface area contributed by atoms with Gasteiger partial charge in [0.15, 0.2) is 24.2 Å². The quantitative estimate of drug-likeness (QED) is 0.745. The Bertz CT molecular complexity index is 804. The third kappa shape index (κ3) is 3.79. The van der Waals surface area contributed by atoms with Gasteiger partial charge in [-0.1, -0.05) is 30.3 Å². The van der Waals surface area contributed by atoms with Crippen molar-refractivity contribution in [2.24, 2.45) is 0 Å². The van der Waals surface area contributed by atoms with Crippen LogP contribution in [-0.2, 0) is 20.7 Å². The fourth-order valence-corrected chi connectivity index (χ4v) is 2.94. The first-order chi connectivity index (χ1) is 12.6. The average Bonchev–Trinajstić information content (AvgIpc) is 3.10. The van der Waals surface area contributed by atoms with Crippen molar-refractivity contribution in [3.05, 3.63) is 54.1 Å². The van der Waals surface area contributed by atoms with Crippen molar-refractivity contribution in [2.75, 3.05) is 25.2 Å². The van der Waals surface area contributed by atoms with Crippen molar-refractivity contribution >= 4 is 17.6 Å². The van der Waals surface area contributed by atoms with Gasteiger partial charge in [0.2, 0.25) is 0 Å². The lowest BCUT2D eigenvalue weighted by Crippen LogP contribution is -2.39. The van der Waals surface area contributed by atoms with Gasteiger partial charge in [0.05, 0.1) is 7.11 Å². The molecular weight excluding hydrogens is 334 g/mol. The van der Waals surface area contributed by atoms with Gasteiger partial charge in [0, 0.05) is 12.2 Å². The minimum absolute atomic E-state index is 0.236. The van der Waals surface area contributed by atoms with E-state index in [2.05, 4.69) is 0 Å². The van der Waals surface area contributed by atoms with E-state index in [4.69, 9.17) is 14.2 Å². The van der Waals surface area contributed by atoms with Crippen LogP contribution in [0.1, 0.15) is 12.5 Å². The molecular formula is C20H21NO5. The summed E-state index contributed by atoms with van der Waals surface area (Å²) in [5, 5.41) is 0. The molecule has 26 heavy (non-hydrogen) atoms. The number of methoxy groups -OCH3 is 1. The second-order valence-electron chi connectivity index (χ2n) is 5.94. The van der Waals surface area contributed by atoms with E-state index in [1.165, 1.54) is 7.11 Å². The Balaban J connectivity index is 1.55. The van der Waals surface area contributed by atoms with Crippen molar-refractivity contribution < 1.29 is 23.8 Å². The first-order valence-corrected chi connectivity index (χ1v) is 8.44. The van der Waals surface area contributed by atoms with E-state index in [-0.39, 0.29) is 12.5 Å². The maximum absolute atomic E-state index is 12.6. The Labute approximate surface area is 152 Å². The van der Waals surface area contributed by atoms with Crippen molar-refractivity contribution in [3.8, 4) is 11.5 Å². The van der Waals surface area contributed by atoms with Crippen molar-refractivity contribution in [1.29, 1.82) is 0 Å². The topological polar surface area (TPSA) is 65.1 Å². The molecule has 2 aromatic rings. The molecule has 0 radical (unpaired) electrons. The first kappa shape index (κ1) is 17.8. The first-order valence-electron chi connectivity index (χ1n) is 8.44. The van der Waals surface area contributed by atoms with Crippen molar-refractivity contribution in [1.82, 2.24) is 0 Å². The number of hydrogen-bond donors (Lipinski definition) is 0. The number of carbonyl (C=O) groups is 2. The molecule has 1 unspecified atom stereocenters. The van der Waals surface area contributed by atoms with Crippen LogP contribution in [0.5, 0.6) is 11.5 Å². The number of benzene rings is 2. The number of nitrogens with zero attached hydrogens (tertiary/aromatic N) is 1. The summed E-state index contributed by atoms with van der Waals surface area (Å²) >= 11 is 0. The number of ether oxygens (including phenoxy) is 3. The summed E-state index contributed by atoms with van der Waals surface area (Å²) in [6.45, 7) is 1.87. The molecule has 0 saturated carbocycles. The van der Waals surface area contributed by atoms with E-state index < -0.39 is 12.1 Å². The normalized spacial score (nSPS) is 13.7. The third-order valence-electron chi connectivity index (χ3n) is 4.22. The number of amides is 1. The number of hydrogen-bond acceptors (Lipinski definition) is 5. The van der Waals surface area contributed by atoms with Gasteiger partial charge in [0.25, 0.3) is 5.91 Å². The largest absolute Gasteiger partial charge is 0.493 e. The van der Waals surface area contributed by atoms with E-state index >= 15 is 0 Å². The molecule has 1 atom stereocenters. The molecule has 0 aromatic heterocycles. The zero-order valence-corrected chi connectivity index (χ0v) is 14.8. The minimum atomic E-state index is -0.880. The van der Waals surface area contributed by atoms with E-state index in [0.717, 1.165) is 17.7 Å². The summed E-state index contributed by atoms with van der Waals surface area (Å²) in [6.07, 6.45) is -0.0746. The Morgan fingerprint density at radius 3 is 2.54 bits per heavy atom. The zero-order chi connectivity index (χ0) is 18.5. The maximum Gasteiger partial charge on any atom is 0.344 e. The smallest absolute Gasteiger partial charge is 0.344 e. The molecule has 1 amide bonds. The zero-order valence-electron chi connectivity index (χ0n) is 14.8. The highest BCUT2D eigenvalue weighted by Gasteiger charge is 2.29. The second kappa shape index (κ2) is 7.91. The summed E-state index contributed by atoms with van der Waals surface area (Å²) in [7, 11) is 1.52. The molecule has 3 rings (SSSR count). The number of fused-ring (bicyclic) bond motifs is 1. The second-order valence-corrected chi connectivity index (χ2v) is 5.94. The Morgan fingerprint density at radius 2 is 1.77 bits per heavy atom. The van der Waals surface area contributed by atoms with Gasteiger partial charge >= 0.3 is 5.97 Å². The van der Waals surface area contributed by atoms with Crippen molar-refractivity contribution in [2.45, 2.75) is 19.4 Å². The SMILES string of the molecule is COc1ccccc1OCC(=O)OC(C)C(=O)N1CCc2ccccc21. The van der Waals surface area contributed by atoms with Gasteiger partial charge in [-0.25, -0.2) is 4.79 Å². The molecule has 0 N–H and O–H groups in total. The van der Waals surface area contributed by atoms with Gasteiger partial charge in [-0.3, -0.25) is 4.79 Å². The predicted octanol–water partition coefficient (Wildman–Crippen LogP) is 2.60. The lowest BCUT2D eigenvalue weighted by molar-refractivity contribution is -0.155. The van der Waals surface area contributed by atoms with E-state index in [0.29, 0.717) is 18.0 Å². The monoisotopic (exact) mass is 355 g/mol. The summed E-state index contributed by atoms with van der Waals surface area (Å²) in [5.41, 5.74) is 2.00. The van der Waals surface area contributed by atoms with Crippen molar-refractivity contribution in [3.63, 3.8) is 0 Å². The van der Waals surface area contributed by atoms with E-state index in [9.17, 15) is 9.59 Å². The fourth-order valence-electron chi connectivity index (χ4n) is 2.94. The highest BCUT2D eigenvalue weighted by molar-refractivity contribution is 5.99. The highest BCUT2D eigenvalue weighted by Crippen LogP contribution is 2.28. The number of rotatable bonds is 6. The van der Waals surface area contributed by atoms with E-state index in [1.807, 2.05) is 24.3 Å². The van der Waals surface area contributed by atoms with E-state index in [1.54, 1.807) is 36.1 Å². The average molecular weight is 355 g/mol. The predicted molar refractivity (Wildman–Crippen MR) is 96.5 cm³/mol. The molecule has 1 aliphatic rings. The molecule has 1 aliphatic heterocycles. The lowest BCUT2D eigenvalue weighted by atomic mass is 10.2. The number of esters is 1. The maximum atomic E-state index is 12.6. The standard InChI is InChI=1S/C20H21NO5/c1-14(20(23)21-12-11-15-7-3-4-8-16(15)21)26-19(22)13-25-18-10-6-5-9-17(18)24-2/h3-10,14H,11-13H2,1-2H3. The molecule has 0 aliphatic carbocycles. The van der Waals surface area contributed by atoms with Gasteiger partial charge in [0.1, 0.15) is 0 Å². The van der Waals surface area contributed by atoms with Gasteiger partial charge in [-0.2, -0.15) is 0 Å². The Morgan fingerprint density at radius 1 is 1.08 bits per heavy atom. The molecule has 6 nitrogen and oxygen atoms in total. The summed E-state index contributed by atoms with van der Waals surface area (Å²) in [4.78, 5) is 26.3. The van der Waals surface area contributed by atoms with Crippen LogP contribution in [0, 0.1) is 0 Å². The fraction of sp³-hybridized carbons (Fsp3) is 0.300. The van der Waals surface area contributed by atoms with Crippen LogP contribution < -0.4 is 14.4 Å². The van der Waals surface area contributed by atoms with Crippen LogP contribution in [0.2, 0.25) is 0 Å². The van der Waals surface area contributed by atoms with Crippen LogP contribution in [0.25, 0.3) is 0 Å². The highest BCUT2D eigenvalue weighted by atomic mass is 16.6. The number of carbonyl (C=O) groups excluding carboxylic acids is 2.